The third-order valence-corrected chi connectivity index (χ3v) is 5.89. The second-order valence-electron chi connectivity index (χ2n) is 7.73. The van der Waals surface area contributed by atoms with Crippen molar-refractivity contribution < 1.29 is 4.79 Å². The van der Waals surface area contributed by atoms with E-state index in [9.17, 15) is 4.79 Å². The number of fused-ring (bicyclic) bond motifs is 1. The minimum atomic E-state index is 0.0820. The highest BCUT2D eigenvalue weighted by atomic mass is 16.2. The van der Waals surface area contributed by atoms with Crippen molar-refractivity contribution in [2.45, 2.75) is 52.0 Å². The molecule has 0 saturated carbocycles. The van der Waals surface area contributed by atoms with Gasteiger partial charge in [-0.15, -0.1) is 0 Å². The van der Waals surface area contributed by atoms with E-state index in [0.717, 1.165) is 56.4 Å². The highest BCUT2D eigenvalue weighted by Crippen LogP contribution is 2.30. The fraction of sp³-hybridized carbons (Fsp3) is 0.524. The third-order valence-electron chi connectivity index (χ3n) is 5.89. The molecule has 1 aromatic carbocycles. The molecule has 138 valence electrons. The zero-order valence-corrected chi connectivity index (χ0v) is 16.0. The van der Waals surface area contributed by atoms with Crippen LogP contribution in [0.1, 0.15) is 52.1 Å². The highest BCUT2D eigenvalue weighted by Gasteiger charge is 2.31. The molecule has 1 aliphatic carbocycles. The minimum Gasteiger partial charge on any atom is -0.337 e. The predicted molar refractivity (Wildman–Crippen MR) is 103 cm³/mol. The number of carbonyl (C=O) groups is 1. The van der Waals surface area contributed by atoms with Gasteiger partial charge in [-0.05, 0) is 70.7 Å². The fourth-order valence-electron chi connectivity index (χ4n) is 4.38. The van der Waals surface area contributed by atoms with E-state index >= 15 is 0 Å². The normalized spacial score (nSPS) is 17.3. The number of nitrogens with zero attached hydrogens (tertiary/aromatic N) is 3. The van der Waals surface area contributed by atoms with E-state index in [1.165, 1.54) is 16.8 Å². The number of hydrogen-bond donors (Lipinski definition) is 1. The summed E-state index contributed by atoms with van der Waals surface area (Å²) in [6.07, 6.45) is 5.10. The average molecular weight is 352 g/mol. The van der Waals surface area contributed by atoms with Crippen LogP contribution >= 0.6 is 0 Å². The Kier molecular flexibility index (Phi) is 4.57. The molecule has 1 fully saturated rings. The van der Waals surface area contributed by atoms with Crippen molar-refractivity contribution >= 4 is 5.91 Å². The molecule has 1 N–H and O–H groups in total. The summed E-state index contributed by atoms with van der Waals surface area (Å²) < 4.78 is 2.03. The van der Waals surface area contributed by atoms with Crippen molar-refractivity contribution in [1.82, 2.24) is 20.0 Å². The molecule has 0 unspecified atom stereocenters. The average Bonchev–Trinajstić information content (AvgIpc) is 3.24. The Bertz CT molecular complexity index is 833. The van der Waals surface area contributed by atoms with Gasteiger partial charge < -0.3 is 10.2 Å². The number of carbonyl (C=O) groups excluding carboxylic acids is 1. The molecule has 1 aliphatic heterocycles. The topological polar surface area (TPSA) is 50.2 Å². The maximum absolute atomic E-state index is 13.2. The van der Waals surface area contributed by atoms with Gasteiger partial charge in [0.25, 0.3) is 5.91 Å². The van der Waals surface area contributed by atoms with Crippen LogP contribution in [0.5, 0.6) is 0 Å². The SMILES string of the molecule is Cc1ccc(-n2nc(C(=O)N(C)C3CCNCC3)c3c2CCC3)c(C)c1. The van der Waals surface area contributed by atoms with E-state index in [2.05, 4.69) is 37.4 Å². The van der Waals surface area contributed by atoms with E-state index in [4.69, 9.17) is 5.10 Å². The van der Waals surface area contributed by atoms with Crippen LogP contribution < -0.4 is 5.32 Å². The minimum absolute atomic E-state index is 0.0820. The van der Waals surface area contributed by atoms with E-state index < -0.39 is 0 Å². The maximum Gasteiger partial charge on any atom is 0.274 e. The van der Waals surface area contributed by atoms with Gasteiger partial charge in [-0.3, -0.25) is 4.79 Å². The molecule has 1 aromatic heterocycles. The molecule has 1 saturated heterocycles. The lowest BCUT2D eigenvalue weighted by molar-refractivity contribution is 0.0695. The van der Waals surface area contributed by atoms with Crippen LogP contribution in [-0.2, 0) is 12.8 Å². The van der Waals surface area contributed by atoms with Gasteiger partial charge in [-0.25, -0.2) is 4.68 Å². The summed E-state index contributed by atoms with van der Waals surface area (Å²) in [5.74, 6) is 0.0820. The van der Waals surface area contributed by atoms with E-state index in [-0.39, 0.29) is 5.91 Å². The van der Waals surface area contributed by atoms with Gasteiger partial charge in [0.05, 0.1) is 5.69 Å². The quantitative estimate of drug-likeness (QED) is 0.924. The van der Waals surface area contributed by atoms with Gasteiger partial charge in [0, 0.05) is 24.3 Å². The summed E-state index contributed by atoms with van der Waals surface area (Å²) in [5.41, 5.74) is 6.59. The largest absolute Gasteiger partial charge is 0.337 e. The summed E-state index contributed by atoms with van der Waals surface area (Å²) in [4.78, 5) is 15.1. The molecule has 0 spiro atoms. The second-order valence-corrected chi connectivity index (χ2v) is 7.73. The van der Waals surface area contributed by atoms with Crippen LogP contribution in [0.2, 0.25) is 0 Å². The molecule has 4 rings (SSSR count). The summed E-state index contributed by atoms with van der Waals surface area (Å²) in [7, 11) is 1.94. The first-order valence-corrected chi connectivity index (χ1v) is 9.72. The Morgan fingerprint density at radius 2 is 2.00 bits per heavy atom. The molecule has 2 aliphatic rings. The first kappa shape index (κ1) is 17.3. The Morgan fingerprint density at radius 3 is 2.73 bits per heavy atom. The highest BCUT2D eigenvalue weighted by molar-refractivity contribution is 5.94. The number of aromatic nitrogens is 2. The summed E-state index contributed by atoms with van der Waals surface area (Å²) in [6, 6.07) is 6.74. The van der Waals surface area contributed by atoms with Crippen molar-refractivity contribution in [3.05, 3.63) is 46.3 Å². The van der Waals surface area contributed by atoms with Crippen LogP contribution in [0, 0.1) is 13.8 Å². The van der Waals surface area contributed by atoms with E-state index in [1.807, 2.05) is 16.6 Å². The molecular formula is C21H28N4O. The Balaban J connectivity index is 1.70. The molecule has 0 bridgehead atoms. The van der Waals surface area contributed by atoms with Gasteiger partial charge in [0.1, 0.15) is 0 Å². The first-order chi connectivity index (χ1) is 12.6. The van der Waals surface area contributed by atoms with Gasteiger partial charge in [-0.1, -0.05) is 17.7 Å². The van der Waals surface area contributed by atoms with Crippen LogP contribution in [0.25, 0.3) is 5.69 Å². The maximum atomic E-state index is 13.2. The molecule has 2 heterocycles. The molecule has 1 amide bonds. The Hall–Kier alpha value is -2.14. The van der Waals surface area contributed by atoms with E-state index in [1.54, 1.807) is 0 Å². The number of piperidine rings is 1. The fourth-order valence-corrected chi connectivity index (χ4v) is 4.38. The number of hydrogen-bond acceptors (Lipinski definition) is 3. The van der Waals surface area contributed by atoms with Crippen LogP contribution in [-0.4, -0.2) is 46.8 Å². The van der Waals surface area contributed by atoms with Crippen molar-refractivity contribution in [3.63, 3.8) is 0 Å². The zero-order chi connectivity index (χ0) is 18.3. The van der Waals surface area contributed by atoms with Gasteiger partial charge in [0.15, 0.2) is 5.69 Å². The number of amides is 1. The Labute approximate surface area is 155 Å². The lowest BCUT2D eigenvalue weighted by atomic mass is 10.0. The first-order valence-electron chi connectivity index (χ1n) is 9.72. The monoisotopic (exact) mass is 352 g/mol. The molecular weight excluding hydrogens is 324 g/mol. The molecule has 0 radical (unpaired) electrons. The summed E-state index contributed by atoms with van der Waals surface area (Å²) in [6.45, 7) is 6.19. The van der Waals surface area contributed by atoms with Gasteiger partial charge >= 0.3 is 0 Å². The predicted octanol–water partition coefficient (Wildman–Crippen LogP) is 2.80. The van der Waals surface area contributed by atoms with Crippen molar-refractivity contribution in [2.75, 3.05) is 20.1 Å². The molecule has 26 heavy (non-hydrogen) atoms. The number of nitrogens with one attached hydrogen (secondary N) is 1. The van der Waals surface area contributed by atoms with Gasteiger partial charge in [0.2, 0.25) is 0 Å². The molecule has 5 nitrogen and oxygen atoms in total. The standard InChI is InChI=1S/C21H28N4O/c1-14-7-8-18(15(2)13-14)25-19-6-4-5-17(19)20(23-25)21(26)24(3)16-9-11-22-12-10-16/h7-8,13,16,22H,4-6,9-12H2,1-3H3. The molecule has 2 aromatic rings. The second kappa shape index (κ2) is 6.88. The van der Waals surface area contributed by atoms with Crippen LogP contribution in [0.4, 0.5) is 0 Å². The number of benzene rings is 1. The van der Waals surface area contributed by atoms with Crippen molar-refractivity contribution in [1.29, 1.82) is 0 Å². The summed E-state index contributed by atoms with van der Waals surface area (Å²) in [5, 5.41) is 8.19. The molecule has 5 heteroatoms. The van der Waals surface area contributed by atoms with Crippen LogP contribution in [0.3, 0.4) is 0 Å². The Morgan fingerprint density at radius 1 is 1.23 bits per heavy atom. The molecule has 0 atom stereocenters. The summed E-state index contributed by atoms with van der Waals surface area (Å²) >= 11 is 0. The third kappa shape index (κ3) is 2.94. The lowest BCUT2D eigenvalue weighted by Gasteiger charge is -2.31. The van der Waals surface area contributed by atoms with Crippen LogP contribution in [0.15, 0.2) is 18.2 Å². The van der Waals surface area contributed by atoms with Crippen molar-refractivity contribution in [3.8, 4) is 5.69 Å². The number of aryl methyl sites for hydroxylation is 2. The zero-order valence-electron chi connectivity index (χ0n) is 16.0. The smallest absolute Gasteiger partial charge is 0.274 e. The number of rotatable bonds is 3. The van der Waals surface area contributed by atoms with E-state index in [0.29, 0.717) is 11.7 Å². The van der Waals surface area contributed by atoms with Gasteiger partial charge in [-0.2, -0.15) is 5.10 Å². The lowest BCUT2D eigenvalue weighted by Crippen LogP contribution is -2.44. The van der Waals surface area contributed by atoms with Crippen molar-refractivity contribution in [2.24, 2.45) is 0 Å².